The van der Waals surface area contributed by atoms with Gasteiger partial charge < -0.3 is 15.2 Å². The van der Waals surface area contributed by atoms with Crippen LogP contribution in [0, 0.1) is 0 Å². The zero-order chi connectivity index (χ0) is 15.2. The summed E-state index contributed by atoms with van der Waals surface area (Å²) in [5.74, 6) is 0.636. The first-order chi connectivity index (χ1) is 10.2. The third-order valence-electron chi connectivity index (χ3n) is 2.74. The number of anilines is 1. The van der Waals surface area contributed by atoms with E-state index >= 15 is 0 Å². The molecule has 1 aromatic carbocycles. The standard InChI is InChI=1S/C15H17N3O3/c1-3-20-12-8-6-5-7-10(12)14-17-9-11(13(16)18-14)15(19)21-4-2/h5-9H,3-4H2,1-2H3,(H2,16,17,18). The molecule has 0 amide bonds. The molecule has 0 saturated carbocycles. The van der Waals surface area contributed by atoms with E-state index in [1.54, 1.807) is 6.92 Å². The SMILES string of the molecule is CCOC(=O)c1cnc(-c2ccccc2OCC)nc1N. The van der Waals surface area contributed by atoms with Crippen LogP contribution in [-0.4, -0.2) is 29.2 Å². The van der Waals surface area contributed by atoms with E-state index in [1.165, 1.54) is 6.20 Å². The molecule has 2 aromatic rings. The average molecular weight is 287 g/mol. The summed E-state index contributed by atoms with van der Waals surface area (Å²) in [7, 11) is 0. The molecule has 0 atom stereocenters. The lowest BCUT2D eigenvalue weighted by atomic mass is 10.2. The molecule has 1 aromatic heterocycles. The predicted octanol–water partition coefficient (Wildman–Crippen LogP) is 2.30. The van der Waals surface area contributed by atoms with E-state index in [4.69, 9.17) is 15.2 Å². The Morgan fingerprint density at radius 1 is 1.24 bits per heavy atom. The van der Waals surface area contributed by atoms with Crippen LogP contribution in [0.25, 0.3) is 11.4 Å². The molecule has 21 heavy (non-hydrogen) atoms. The van der Waals surface area contributed by atoms with Gasteiger partial charge in [0.1, 0.15) is 17.1 Å². The first kappa shape index (κ1) is 14.8. The fourth-order valence-electron chi connectivity index (χ4n) is 1.82. The van der Waals surface area contributed by atoms with E-state index < -0.39 is 5.97 Å². The highest BCUT2D eigenvalue weighted by atomic mass is 16.5. The zero-order valence-corrected chi connectivity index (χ0v) is 12.0. The summed E-state index contributed by atoms with van der Waals surface area (Å²) < 4.78 is 10.4. The second kappa shape index (κ2) is 6.69. The van der Waals surface area contributed by atoms with Gasteiger partial charge in [-0.15, -0.1) is 0 Å². The van der Waals surface area contributed by atoms with Crippen LogP contribution in [0.2, 0.25) is 0 Å². The fraction of sp³-hybridized carbons (Fsp3) is 0.267. The summed E-state index contributed by atoms with van der Waals surface area (Å²) in [6, 6.07) is 7.39. The number of hydrogen-bond donors (Lipinski definition) is 1. The third-order valence-corrected chi connectivity index (χ3v) is 2.74. The van der Waals surface area contributed by atoms with Crippen molar-refractivity contribution in [3.8, 4) is 17.1 Å². The number of carbonyl (C=O) groups is 1. The van der Waals surface area contributed by atoms with Gasteiger partial charge in [-0.1, -0.05) is 12.1 Å². The van der Waals surface area contributed by atoms with Crippen LogP contribution in [0.4, 0.5) is 5.82 Å². The third kappa shape index (κ3) is 3.28. The van der Waals surface area contributed by atoms with Crippen molar-refractivity contribution in [2.75, 3.05) is 18.9 Å². The van der Waals surface area contributed by atoms with Crippen molar-refractivity contribution in [2.24, 2.45) is 0 Å². The van der Waals surface area contributed by atoms with Crippen LogP contribution in [-0.2, 0) is 4.74 Å². The molecular weight excluding hydrogens is 270 g/mol. The number of nitrogens with zero attached hydrogens (tertiary/aromatic N) is 2. The molecule has 6 heteroatoms. The Kier molecular flexibility index (Phi) is 4.71. The average Bonchev–Trinajstić information content (AvgIpc) is 2.48. The molecule has 6 nitrogen and oxygen atoms in total. The van der Waals surface area contributed by atoms with Crippen LogP contribution in [0.3, 0.4) is 0 Å². The van der Waals surface area contributed by atoms with Gasteiger partial charge in [0.15, 0.2) is 5.82 Å². The maximum Gasteiger partial charge on any atom is 0.343 e. The van der Waals surface area contributed by atoms with Crippen molar-refractivity contribution in [3.05, 3.63) is 36.0 Å². The molecule has 2 N–H and O–H groups in total. The smallest absolute Gasteiger partial charge is 0.343 e. The number of para-hydroxylation sites is 1. The highest BCUT2D eigenvalue weighted by Gasteiger charge is 2.15. The van der Waals surface area contributed by atoms with Crippen molar-refractivity contribution in [1.29, 1.82) is 0 Å². The Hall–Kier alpha value is -2.63. The molecule has 110 valence electrons. The van der Waals surface area contributed by atoms with Gasteiger partial charge in [0.2, 0.25) is 0 Å². The Morgan fingerprint density at radius 2 is 2.00 bits per heavy atom. The van der Waals surface area contributed by atoms with Crippen molar-refractivity contribution in [2.45, 2.75) is 13.8 Å². The molecule has 0 bridgehead atoms. The molecule has 0 aliphatic carbocycles. The molecule has 0 aliphatic heterocycles. The van der Waals surface area contributed by atoms with Crippen LogP contribution in [0.1, 0.15) is 24.2 Å². The quantitative estimate of drug-likeness (QED) is 0.849. The highest BCUT2D eigenvalue weighted by Crippen LogP contribution is 2.28. The van der Waals surface area contributed by atoms with E-state index in [2.05, 4.69) is 9.97 Å². The van der Waals surface area contributed by atoms with E-state index in [9.17, 15) is 4.79 Å². The first-order valence-electron chi connectivity index (χ1n) is 6.69. The summed E-state index contributed by atoms with van der Waals surface area (Å²) in [5, 5.41) is 0. The number of hydrogen-bond acceptors (Lipinski definition) is 6. The van der Waals surface area contributed by atoms with E-state index in [0.29, 0.717) is 18.2 Å². The lowest BCUT2D eigenvalue weighted by Gasteiger charge is -2.10. The zero-order valence-electron chi connectivity index (χ0n) is 12.0. The van der Waals surface area contributed by atoms with Crippen molar-refractivity contribution >= 4 is 11.8 Å². The normalized spacial score (nSPS) is 10.2. The maximum atomic E-state index is 11.7. The lowest BCUT2D eigenvalue weighted by Crippen LogP contribution is -2.11. The minimum Gasteiger partial charge on any atom is -0.493 e. The van der Waals surface area contributed by atoms with Crippen LogP contribution < -0.4 is 10.5 Å². The fourth-order valence-corrected chi connectivity index (χ4v) is 1.82. The number of nitrogens with two attached hydrogens (primary N) is 1. The summed E-state index contributed by atoms with van der Waals surface area (Å²) in [6.07, 6.45) is 1.37. The van der Waals surface area contributed by atoms with Crippen LogP contribution in [0.15, 0.2) is 30.5 Å². The molecule has 0 spiro atoms. The second-order valence-corrected chi connectivity index (χ2v) is 4.14. The maximum absolute atomic E-state index is 11.7. The topological polar surface area (TPSA) is 87.3 Å². The second-order valence-electron chi connectivity index (χ2n) is 4.14. The Morgan fingerprint density at radius 3 is 2.67 bits per heavy atom. The minimum absolute atomic E-state index is 0.0877. The number of nitrogen functional groups attached to an aromatic ring is 1. The van der Waals surface area contributed by atoms with E-state index in [-0.39, 0.29) is 18.0 Å². The van der Waals surface area contributed by atoms with Gasteiger partial charge in [0.25, 0.3) is 0 Å². The van der Waals surface area contributed by atoms with Gasteiger partial charge in [0, 0.05) is 6.20 Å². The van der Waals surface area contributed by atoms with Gasteiger partial charge in [-0.3, -0.25) is 0 Å². The number of carbonyl (C=O) groups excluding carboxylic acids is 1. The molecule has 1 heterocycles. The van der Waals surface area contributed by atoms with E-state index in [0.717, 1.165) is 5.56 Å². The summed E-state index contributed by atoms with van der Waals surface area (Å²) in [6.45, 7) is 4.43. The summed E-state index contributed by atoms with van der Waals surface area (Å²) >= 11 is 0. The van der Waals surface area contributed by atoms with Crippen LogP contribution in [0.5, 0.6) is 5.75 Å². The van der Waals surface area contributed by atoms with Gasteiger partial charge in [0.05, 0.1) is 18.8 Å². The molecule has 0 saturated heterocycles. The number of ether oxygens (including phenoxy) is 2. The first-order valence-corrected chi connectivity index (χ1v) is 6.69. The molecule has 0 radical (unpaired) electrons. The van der Waals surface area contributed by atoms with Crippen molar-refractivity contribution < 1.29 is 14.3 Å². The molecule has 0 fully saturated rings. The Bertz CT molecular complexity index is 644. The molecule has 2 rings (SSSR count). The Labute approximate surface area is 122 Å². The number of benzene rings is 1. The van der Waals surface area contributed by atoms with Gasteiger partial charge >= 0.3 is 5.97 Å². The van der Waals surface area contributed by atoms with Crippen LogP contribution >= 0.6 is 0 Å². The predicted molar refractivity (Wildman–Crippen MR) is 79.0 cm³/mol. The van der Waals surface area contributed by atoms with Gasteiger partial charge in [-0.25, -0.2) is 14.8 Å². The minimum atomic E-state index is -0.528. The van der Waals surface area contributed by atoms with Crippen molar-refractivity contribution in [3.63, 3.8) is 0 Å². The Balaban J connectivity index is 2.38. The monoisotopic (exact) mass is 287 g/mol. The summed E-state index contributed by atoms with van der Waals surface area (Å²) in [4.78, 5) is 20.0. The number of esters is 1. The van der Waals surface area contributed by atoms with E-state index in [1.807, 2.05) is 31.2 Å². The lowest BCUT2D eigenvalue weighted by molar-refractivity contribution is 0.0527. The van der Waals surface area contributed by atoms with Gasteiger partial charge in [-0.05, 0) is 26.0 Å². The molecule has 0 unspecified atom stereocenters. The molecule has 0 aliphatic rings. The largest absolute Gasteiger partial charge is 0.493 e. The molecular formula is C15H17N3O3. The number of rotatable bonds is 5. The van der Waals surface area contributed by atoms with Gasteiger partial charge in [-0.2, -0.15) is 0 Å². The van der Waals surface area contributed by atoms with Crippen molar-refractivity contribution in [1.82, 2.24) is 9.97 Å². The summed E-state index contributed by atoms with van der Waals surface area (Å²) in [5.41, 5.74) is 6.71. The number of aromatic nitrogens is 2. The highest BCUT2D eigenvalue weighted by molar-refractivity contribution is 5.94.